The molecule has 1 heterocycles. The molecule has 4 nitrogen and oxygen atoms in total. The van der Waals surface area contributed by atoms with Gasteiger partial charge in [-0.3, -0.25) is 9.79 Å². The first-order chi connectivity index (χ1) is 8.20. The van der Waals surface area contributed by atoms with Crippen LogP contribution < -0.4 is 5.32 Å². The Balaban J connectivity index is 2.29. The van der Waals surface area contributed by atoms with E-state index in [-0.39, 0.29) is 12.5 Å². The second-order valence-corrected chi connectivity index (χ2v) is 3.80. The fraction of sp³-hybridized carbons (Fsp3) is 0.231. The minimum atomic E-state index is -0.354. The van der Waals surface area contributed by atoms with E-state index in [0.29, 0.717) is 5.84 Å². The van der Waals surface area contributed by atoms with Crippen LogP contribution in [0.25, 0.3) is 0 Å². The summed E-state index contributed by atoms with van der Waals surface area (Å²) < 4.78 is 4.56. The number of benzene rings is 1. The number of carbonyl (C=O) groups excluding carboxylic acids is 1. The fourth-order valence-corrected chi connectivity index (χ4v) is 1.75. The van der Waals surface area contributed by atoms with Crippen molar-refractivity contribution in [3.05, 3.63) is 47.7 Å². The second-order valence-electron chi connectivity index (χ2n) is 3.80. The molecule has 1 aliphatic rings. The van der Waals surface area contributed by atoms with Gasteiger partial charge in [0.05, 0.1) is 7.11 Å². The van der Waals surface area contributed by atoms with Crippen LogP contribution in [0.1, 0.15) is 11.1 Å². The maximum absolute atomic E-state index is 11.1. The van der Waals surface area contributed by atoms with Crippen molar-refractivity contribution in [1.82, 2.24) is 5.32 Å². The van der Waals surface area contributed by atoms with Crippen LogP contribution in [0.5, 0.6) is 0 Å². The minimum absolute atomic E-state index is 0.0143. The van der Waals surface area contributed by atoms with E-state index in [1.165, 1.54) is 12.7 Å². The first-order valence-electron chi connectivity index (χ1n) is 5.35. The van der Waals surface area contributed by atoms with Crippen molar-refractivity contribution in [2.45, 2.75) is 6.42 Å². The number of nitrogens with zero attached hydrogens (tertiary/aromatic N) is 1. The molecular weight excluding hydrogens is 216 g/mol. The van der Waals surface area contributed by atoms with E-state index < -0.39 is 0 Å². The zero-order valence-electron chi connectivity index (χ0n) is 9.69. The lowest BCUT2D eigenvalue weighted by molar-refractivity contribution is -0.138. The van der Waals surface area contributed by atoms with Crippen molar-refractivity contribution < 1.29 is 9.53 Å². The Morgan fingerprint density at radius 2 is 2.29 bits per heavy atom. The van der Waals surface area contributed by atoms with Gasteiger partial charge in [0.2, 0.25) is 0 Å². The largest absolute Gasteiger partial charge is 0.468 e. The van der Waals surface area contributed by atoms with Gasteiger partial charge in [-0.15, -0.1) is 0 Å². The molecule has 0 aromatic heterocycles. The maximum atomic E-state index is 11.1. The molecule has 88 valence electrons. The first-order valence-corrected chi connectivity index (χ1v) is 5.35. The molecule has 0 fully saturated rings. The zero-order valence-corrected chi connectivity index (χ0v) is 9.69. The van der Waals surface area contributed by atoms with Gasteiger partial charge >= 0.3 is 5.97 Å². The molecule has 0 amide bonds. The Bertz CT molecular complexity index is 492. The maximum Gasteiger partial charge on any atom is 0.327 e. The Labute approximate surface area is 100 Å². The Morgan fingerprint density at radius 3 is 3.06 bits per heavy atom. The summed E-state index contributed by atoms with van der Waals surface area (Å²) in [5.74, 6) is 0.329. The van der Waals surface area contributed by atoms with E-state index in [1.54, 1.807) is 0 Å². The number of rotatable bonds is 2. The van der Waals surface area contributed by atoms with Crippen LogP contribution in [-0.2, 0) is 16.0 Å². The van der Waals surface area contributed by atoms with Crippen LogP contribution in [0, 0.1) is 0 Å². The predicted molar refractivity (Wildman–Crippen MR) is 65.8 cm³/mol. The van der Waals surface area contributed by atoms with Crippen molar-refractivity contribution in [2.75, 3.05) is 13.7 Å². The lowest BCUT2D eigenvalue weighted by Gasteiger charge is -2.21. The van der Waals surface area contributed by atoms with E-state index in [1.807, 2.05) is 24.3 Å². The van der Waals surface area contributed by atoms with Gasteiger partial charge in [0.25, 0.3) is 0 Å². The quantitative estimate of drug-likeness (QED) is 0.778. The highest BCUT2D eigenvalue weighted by Crippen LogP contribution is 2.17. The number of hydrogen-bond donors (Lipinski definition) is 1. The van der Waals surface area contributed by atoms with Gasteiger partial charge in [-0.1, -0.05) is 30.8 Å². The number of methoxy groups -OCH3 is 1. The molecular formula is C13H14N2O2. The number of allylic oxidation sites excluding steroid dienone is 1. The SMILES string of the molecule is C=C1Cc2ccccc2C(=NCC(=O)OC)N1. The molecule has 0 saturated heterocycles. The van der Waals surface area contributed by atoms with Crippen molar-refractivity contribution in [1.29, 1.82) is 0 Å². The average Bonchev–Trinajstić information content (AvgIpc) is 2.35. The number of ether oxygens (including phenoxy) is 1. The molecule has 0 unspecified atom stereocenters. The molecule has 1 aromatic carbocycles. The fourth-order valence-electron chi connectivity index (χ4n) is 1.75. The second kappa shape index (κ2) is 4.82. The van der Waals surface area contributed by atoms with Crippen LogP contribution in [-0.4, -0.2) is 25.5 Å². The van der Waals surface area contributed by atoms with E-state index >= 15 is 0 Å². The molecule has 0 spiro atoms. The number of esters is 1. The van der Waals surface area contributed by atoms with E-state index in [4.69, 9.17) is 0 Å². The van der Waals surface area contributed by atoms with Crippen LogP contribution in [0.3, 0.4) is 0 Å². The smallest absolute Gasteiger partial charge is 0.327 e. The van der Waals surface area contributed by atoms with E-state index in [2.05, 4.69) is 21.6 Å². The third kappa shape index (κ3) is 2.53. The molecule has 1 N–H and O–H groups in total. The standard InChI is InChI=1S/C13H14N2O2/c1-9-7-10-5-3-4-6-11(10)13(15-9)14-8-12(16)17-2/h3-6H,1,7-8H2,2H3,(H,14,15). The Hall–Kier alpha value is -2.10. The molecule has 0 radical (unpaired) electrons. The summed E-state index contributed by atoms with van der Waals surface area (Å²) in [5, 5.41) is 3.10. The summed E-state index contributed by atoms with van der Waals surface area (Å²) in [4.78, 5) is 15.3. The van der Waals surface area contributed by atoms with Crippen LogP contribution in [0.2, 0.25) is 0 Å². The summed E-state index contributed by atoms with van der Waals surface area (Å²) in [6, 6.07) is 7.94. The number of amidine groups is 1. The van der Waals surface area contributed by atoms with Crippen molar-refractivity contribution in [3.8, 4) is 0 Å². The van der Waals surface area contributed by atoms with Crippen molar-refractivity contribution in [3.63, 3.8) is 0 Å². The molecule has 0 saturated carbocycles. The Kier molecular flexibility index (Phi) is 3.23. The van der Waals surface area contributed by atoms with Crippen LogP contribution in [0.15, 0.2) is 41.5 Å². The number of aliphatic imine (C=N–C) groups is 1. The molecule has 0 bridgehead atoms. The molecule has 0 aliphatic carbocycles. The number of fused-ring (bicyclic) bond motifs is 1. The average molecular weight is 230 g/mol. The van der Waals surface area contributed by atoms with Gasteiger partial charge < -0.3 is 10.1 Å². The normalized spacial score (nSPS) is 16.3. The molecule has 4 heteroatoms. The third-order valence-corrected chi connectivity index (χ3v) is 2.57. The van der Waals surface area contributed by atoms with Gasteiger partial charge in [-0.2, -0.15) is 0 Å². The minimum Gasteiger partial charge on any atom is -0.468 e. The van der Waals surface area contributed by atoms with Gasteiger partial charge in [-0.05, 0) is 5.56 Å². The number of nitrogens with one attached hydrogen (secondary N) is 1. The number of hydrogen-bond acceptors (Lipinski definition) is 3. The molecule has 2 rings (SSSR count). The van der Waals surface area contributed by atoms with E-state index in [0.717, 1.165) is 17.7 Å². The van der Waals surface area contributed by atoms with Crippen LogP contribution in [0.4, 0.5) is 0 Å². The summed E-state index contributed by atoms with van der Waals surface area (Å²) in [6.45, 7) is 3.92. The van der Waals surface area contributed by atoms with Gasteiger partial charge in [0.1, 0.15) is 12.4 Å². The highest BCUT2D eigenvalue weighted by Gasteiger charge is 2.16. The van der Waals surface area contributed by atoms with E-state index in [9.17, 15) is 4.79 Å². The van der Waals surface area contributed by atoms with Gasteiger partial charge in [0.15, 0.2) is 0 Å². The highest BCUT2D eigenvalue weighted by atomic mass is 16.5. The summed E-state index contributed by atoms with van der Waals surface area (Å²) in [7, 11) is 1.35. The summed E-state index contributed by atoms with van der Waals surface area (Å²) >= 11 is 0. The Morgan fingerprint density at radius 1 is 1.53 bits per heavy atom. The molecule has 1 aromatic rings. The van der Waals surface area contributed by atoms with Crippen molar-refractivity contribution in [2.24, 2.45) is 4.99 Å². The topological polar surface area (TPSA) is 50.7 Å². The highest BCUT2D eigenvalue weighted by molar-refractivity contribution is 6.03. The molecule has 1 aliphatic heterocycles. The van der Waals surface area contributed by atoms with Crippen LogP contribution >= 0.6 is 0 Å². The zero-order chi connectivity index (χ0) is 12.3. The lowest BCUT2D eigenvalue weighted by atomic mass is 9.98. The van der Waals surface area contributed by atoms with Crippen molar-refractivity contribution >= 4 is 11.8 Å². The monoisotopic (exact) mass is 230 g/mol. The third-order valence-electron chi connectivity index (χ3n) is 2.57. The number of carbonyl (C=O) groups is 1. The molecule has 17 heavy (non-hydrogen) atoms. The summed E-state index contributed by atoms with van der Waals surface area (Å²) in [6.07, 6.45) is 0.785. The summed E-state index contributed by atoms with van der Waals surface area (Å²) in [5.41, 5.74) is 3.07. The lowest BCUT2D eigenvalue weighted by Crippen LogP contribution is -2.31. The first kappa shape index (κ1) is 11.4. The molecule has 0 atom stereocenters. The van der Waals surface area contributed by atoms with Gasteiger partial charge in [-0.25, -0.2) is 0 Å². The van der Waals surface area contributed by atoms with Gasteiger partial charge in [0, 0.05) is 17.7 Å². The predicted octanol–water partition coefficient (Wildman–Crippen LogP) is 1.27.